The van der Waals surface area contributed by atoms with Gasteiger partial charge in [-0.2, -0.15) is 11.8 Å². The van der Waals surface area contributed by atoms with E-state index in [1.807, 2.05) is 18.7 Å². The van der Waals surface area contributed by atoms with Gasteiger partial charge in [-0.3, -0.25) is 0 Å². The van der Waals surface area contributed by atoms with Gasteiger partial charge >= 0.3 is 0 Å². The van der Waals surface area contributed by atoms with Crippen LogP contribution in [0.1, 0.15) is 13.8 Å². The fraction of sp³-hybridized carbons (Fsp3) is 1.00. The zero-order chi connectivity index (χ0) is 8.32. The summed E-state index contributed by atoms with van der Waals surface area (Å²) in [5.74, 6) is 2.26. The van der Waals surface area contributed by atoms with E-state index in [0.717, 1.165) is 5.75 Å². The maximum Gasteiger partial charge on any atom is 0.103 e. The van der Waals surface area contributed by atoms with Crippen LogP contribution in [0.4, 0.5) is 0 Å². The highest BCUT2D eigenvalue weighted by atomic mass is 32.2. The van der Waals surface area contributed by atoms with Crippen LogP contribution in [-0.4, -0.2) is 21.6 Å². The molecule has 0 saturated carbocycles. The van der Waals surface area contributed by atoms with Gasteiger partial charge in [0.25, 0.3) is 0 Å². The van der Waals surface area contributed by atoms with E-state index in [4.69, 9.17) is 5.53 Å². The highest BCUT2D eigenvalue weighted by Gasteiger charge is 2.33. The summed E-state index contributed by atoms with van der Waals surface area (Å²) < 4.78 is 0. The Balaban J connectivity index is 2.72. The molecular formula is C6H11N3S2. The standard InChI is InChI=1S/C6H11N3S2/c1-5-6(2,8-9-7)11-4-3-10-5/h5H,3-4H2,1-2H3/t5-,6+/m0/s1. The fourth-order valence-electron chi connectivity index (χ4n) is 0.944. The van der Waals surface area contributed by atoms with Crippen molar-refractivity contribution in [2.75, 3.05) is 11.5 Å². The van der Waals surface area contributed by atoms with Gasteiger partial charge in [0.1, 0.15) is 4.87 Å². The van der Waals surface area contributed by atoms with Crippen LogP contribution in [0.3, 0.4) is 0 Å². The first-order valence-corrected chi connectivity index (χ1v) is 5.54. The van der Waals surface area contributed by atoms with Crippen molar-refractivity contribution in [3.8, 4) is 0 Å². The second-order valence-electron chi connectivity index (χ2n) is 2.61. The molecule has 2 atom stereocenters. The van der Waals surface area contributed by atoms with Gasteiger partial charge in [0.2, 0.25) is 0 Å². The van der Waals surface area contributed by atoms with E-state index < -0.39 is 0 Å². The topological polar surface area (TPSA) is 48.8 Å². The van der Waals surface area contributed by atoms with E-state index in [2.05, 4.69) is 16.9 Å². The number of thioether (sulfide) groups is 2. The third-order valence-electron chi connectivity index (χ3n) is 1.84. The predicted molar refractivity (Wildman–Crippen MR) is 51.9 cm³/mol. The van der Waals surface area contributed by atoms with Crippen LogP contribution < -0.4 is 0 Å². The molecule has 62 valence electrons. The summed E-state index contributed by atoms with van der Waals surface area (Å²) >= 11 is 3.64. The lowest BCUT2D eigenvalue weighted by molar-refractivity contribution is 0.658. The molecular weight excluding hydrogens is 178 g/mol. The molecule has 0 aromatic heterocycles. The SMILES string of the molecule is C[C@@H]1SCCS[C@@]1(C)N=[N+]=[N-]. The Kier molecular flexibility index (Phi) is 2.98. The minimum atomic E-state index is -0.225. The van der Waals surface area contributed by atoms with E-state index in [1.54, 1.807) is 11.8 Å². The van der Waals surface area contributed by atoms with Gasteiger partial charge in [0, 0.05) is 21.7 Å². The van der Waals surface area contributed by atoms with Crippen LogP contribution in [0.25, 0.3) is 10.4 Å². The Bertz CT molecular complexity index is 190. The van der Waals surface area contributed by atoms with Crippen LogP contribution in [0.2, 0.25) is 0 Å². The van der Waals surface area contributed by atoms with Crippen LogP contribution in [-0.2, 0) is 0 Å². The average Bonchev–Trinajstić information content (AvgIpc) is 1.96. The number of azide groups is 1. The van der Waals surface area contributed by atoms with Crippen molar-refractivity contribution in [3.05, 3.63) is 10.4 Å². The zero-order valence-electron chi connectivity index (χ0n) is 6.65. The summed E-state index contributed by atoms with van der Waals surface area (Å²) in [6, 6.07) is 0. The van der Waals surface area contributed by atoms with Gasteiger partial charge in [-0.05, 0) is 12.5 Å². The first kappa shape index (κ1) is 9.10. The molecule has 0 aliphatic carbocycles. The van der Waals surface area contributed by atoms with Crippen molar-refractivity contribution in [3.63, 3.8) is 0 Å². The predicted octanol–water partition coefficient (Wildman–Crippen LogP) is 2.88. The lowest BCUT2D eigenvalue weighted by Crippen LogP contribution is -2.33. The molecule has 5 heteroatoms. The van der Waals surface area contributed by atoms with Gasteiger partial charge in [-0.1, -0.05) is 12.0 Å². The molecule has 11 heavy (non-hydrogen) atoms. The monoisotopic (exact) mass is 189 g/mol. The van der Waals surface area contributed by atoms with Gasteiger partial charge < -0.3 is 0 Å². The molecule has 1 saturated heterocycles. The number of nitrogens with zero attached hydrogens (tertiary/aromatic N) is 3. The molecule has 0 spiro atoms. The zero-order valence-corrected chi connectivity index (χ0v) is 8.28. The molecule has 1 fully saturated rings. The Morgan fingerprint density at radius 1 is 1.64 bits per heavy atom. The van der Waals surface area contributed by atoms with E-state index in [1.165, 1.54) is 5.75 Å². The van der Waals surface area contributed by atoms with Crippen LogP contribution in [0, 0.1) is 0 Å². The normalized spacial score (nSPS) is 37.8. The second-order valence-corrected chi connectivity index (χ2v) is 5.58. The van der Waals surface area contributed by atoms with Crippen LogP contribution in [0.15, 0.2) is 5.11 Å². The average molecular weight is 189 g/mol. The van der Waals surface area contributed by atoms with Crippen molar-refractivity contribution in [1.29, 1.82) is 0 Å². The molecule has 0 aromatic rings. The molecule has 0 amide bonds. The van der Waals surface area contributed by atoms with Crippen molar-refractivity contribution in [2.45, 2.75) is 24.0 Å². The fourth-order valence-corrected chi connectivity index (χ4v) is 3.52. The molecule has 1 rings (SSSR count). The molecule has 1 heterocycles. The second kappa shape index (κ2) is 3.61. The smallest absolute Gasteiger partial charge is 0.103 e. The highest BCUT2D eigenvalue weighted by molar-refractivity contribution is 8.07. The quantitative estimate of drug-likeness (QED) is 0.362. The summed E-state index contributed by atoms with van der Waals surface area (Å²) in [5, 5.41) is 4.25. The molecule has 1 aliphatic heterocycles. The molecule has 3 nitrogen and oxygen atoms in total. The summed E-state index contributed by atoms with van der Waals surface area (Å²) in [7, 11) is 0. The van der Waals surface area contributed by atoms with Gasteiger partial charge in [0.05, 0.1) is 0 Å². The van der Waals surface area contributed by atoms with Gasteiger partial charge in [-0.25, -0.2) is 0 Å². The molecule has 0 aromatic carbocycles. The third kappa shape index (κ3) is 1.98. The summed E-state index contributed by atoms with van der Waals surface area (Å²) in [4.78, 5) is 2.65. The van der Waals surface area contributed by atoms with Crippen molar-refractivity contribution >= 4 is 23.5 Å². The maximum absolute atomic E-state index is 8.34. The Morgan fingerprint density at radius 3 is 2.91 bits per heavy atom. The Morgan fingerprint density at radius 2 is 2.36 bits per heavy atom. The van der Waals surface area contributed by atoms with E-state index in [-0.39, 0.29) is 4.87 Å². The largest absolute Gasteiger partial charge is 0.156 e. The summed E-state index contributed by atoms with van der Waals surface area (Å²) in [6.07, 6.45) is 0. The number of rotatable bonds is 1. The molecule has 0 unspecified atom stereocenters. The lowest BCUT2D eigenvalue weighted by Gasteiger charge is -2.33. The first-order valence-electron chi connectivity index (χ1n) is 3.51. The van der Waals surface area contributed by atoms with Crippen molar-refractivity contribution < 1.29 is 0 Å². The lowest BCUT2D eigenvalue weighted by atomic mass is 10.2. The molecule has 0 radical (unpaired) electrons. The number of hydrogen-bond acceptors (Lipinski definition) is 3. The van der Waals surface area contributed by atoms with Crippen LogP contribution in [0.5, 0.6) is 0 Å². The molecule has 1 aliphatic rings. The Hall–Kier alpha value is 0.01000. The summed E-state index contributed by atoms with van der Waals surface area (Å²) in [6.45, 7) is 4.12. The minimum Gasteiger partial charge on any atom is -0.156 e. The first-order chi connectivity index (χ1) is 5.19. The minimum absolute atomic E-state index is 0.225. The van der Waals surface area contributed by atoms with Crippen molar-refractivity contribution in [2.24, 2.45) is 5.11 Å². The van der Waals surface area contributed by atoms with E-state index in [9.17, 15) is 0 Å². The van der Waals surface area contributed by atoms with Gasteiger partial charge in [0.15, 0.2) is 0 Å². The van der Waals surface area contributed by atoms with Gasteiger partial charge in [-0.15, -0.1) is 11.8 Å². The third-order valence-corrected chi connectivity index (χ3v) is 5.08. The molecule has 0 bridgehead atoms. The van der Waals surface area contributed by atoms with Crippen LogP contribution >= 0.6 is 23.5 Å². The highest BCUT2D eigenvalue weighted by Crippen LogP contribution is 2.41. The number of hydrogen-bond donors (Lipinski definition) is 0. The Labute approximate surface area is 74.9 Å². The van der Waals surface area contributed by atoms with Crippen molar-refractivity contribution in [1.82, 2.24) is 0 Å². The maximum atomic E-state index is 8.34. The summed E-state index contributed by atoms with van der Waals surface area (Å²) in [5.41, 5.74) is 8.34. The molecule has 0 N–H and O–H groups in total. The van der Waals surface area contributed by atoms with E-state index in [0.29, 0.717) is 5.25 Å². The van der Waals surface area contributed by atoms with E-state index >= 15 is 0 Å².